The van der Waals surface area contributed by atoms with Gasteiger partial charge in [-0.05, 0) is 74.0 Å². The lowest BCUT2D eigenvalue weighted by Gasteiger charge is -2.15. The highest BCUT2D eigenvalue weighted by molar-refractivity contribution is 9.10. The summed E-state index contributed by atoms with van der Waals surface area (Å²) in [6.07, 6.45) is -0.690. The van der Waals surface area contributed by atoms with E-state index in [1.165, 1.54) is 0 Å². The molecule has 6 heteroatoms. The molecule has 0 aliphatic heterocycles. The van der Waals surface area contributed by atoms with Gasteiger partial charge in [0.1, 0.15) is 5.75 Å². The molecular weight excluding hydrogens is 432 g/mol. The average molecular weight is 453 g/mol. The van der Waals surface area contributed by atoms with Crippen LogP contribution in [0.3, 0.4) is 0 Å². The van der Waals surface area contributed by atoms with Crippen molar-refractivity contribution in [1.29, 1.82) is 0 Å². The zero-order valence-corrected chi connectivity index (χ0v) is 17.7. The molecule has 0 fully saturated rings. The molecule has 0 heterocycles. The highest BCUT2D eigenvalue weighted by Gasteiger charge is 2.15. The van der Waals surface area contributed by atoms with Gasteiger partial charge in [0.25, 0.3) is 11.8 Å². The van der Waals surface area contributed by atoms with Crippen molar-refractivity contribution in [3.8, 4) is 5.75 Å². The molecule has 0 saturated carbocycles. The topological polar surface area (TPSA) is 67.4 Å². The summed E-state index contributed by atoms with van der Waals surface area (Å²) in [7, 11) is 0. The molecule has 0 aliphatic rings. The number of rotatable bonds is 6. The molecule has 148 valence electrons. The van der Waals surface area contributed by atoms with Gasteiger partial charge in [-0.15, -0.1) is 0 Å². The molecule has 3 aromatic rings. The molecule has 0 spiro atoms. The number of amides is 2. The number of nitrogens with one attached hydrogen (secondary N) is 2. The summed E-state index contributed by atoms with van der Waals surface area (Å²) in [6, 6.07) is 21.6. The maximum Gasteiger partial charge on any atom is 0.265 e. The smallest absolute Gasteiger partial charge is 0.265 e. The second-order valence-electron chi connectivity index (χ2n) is 6.55. The van der Waals surface area contributed by atoms with Gasteiger partial charge in [0.15, 0.2) is 6.10 Å². The summed E-state index contributed by atoms with van der Waals surface area (Å²) in [6.45, 7) is 3.61. The molecular formula is C23H21BrN2O3. The van der Waals surface area contributed by atoms with Gasteiger partial charge in [-0.25, -0.2) is 0 Å². The molecule has 29 heavy (non-hydrogen) atoms. The van der Waals surface area contributed by atoms with E-state index in [4.69, 9.17) is 4.74 Å². The first kappa shape index (κ1) is 20.6. The minimum absolute atomic E-state index is 0.202. The lowest BCUT2D eigenvalue weighted by Crippen LogP contribution is -2.30. The minimum atomic E-state index is -0.690. The third-order valence-corrected chi connectivity index (χ3v) is 4.83. The highest BCUT2D eigenvalue weighted by atomic mass is 79.9. The van der Waals surface area contributed by atoms with Crippen molar-refractivity contribution >= 4 is 39.1 Å². The van der Waals surface area contributed by atoms with Gasteiger partial charge in [-0.1, -0.05) is 34.1 Å². The van der Waals surface area contributed by atoms with Crippen molar-refractivity contribution in [1.82, 2.24) is 0 Å². The van der Waals surface area contributed by atoms with Crippen LogP contribution >= 0.6 is 15.9 Å². The zero-order valence-electron chi connectivity index (χ0n) is 16.1. The summed E-state index contributed by atoms with van der Waals surface area (Å²) >= 11 is 3.36. The van der Waals surface area contributed by atoms with Crippen LogP contribution in [0.1, 0.15) is 22.8 Å². The number of para-hydroxylation sites is 1. The van der Waals surface area contributed by atoms with E-state index in [2.05, 4.69) is 26.6 Å². The van der Waals surface area contributed by atoms with Gasteiger partial charge in [0.2, 0.25) is 0 Å². The van der Waals surface area contributed by atoms with Crippen LogP contribution in [-0.2, 0) is 4.79 Å². The van der Waals surface area contributed by atoms with E-state index in [9.17, 15) is 9.59 Å². The number of benzene rings is 3. The molecule has 0 aromatic heterocycles. The van der Waals surface area contributed by atoms with Gasteiger partial charge in [0, 0.05) is 21.4 Å². The Kier molecular flexibility index (Phi) is 6.67. The van der Waals surface area contributed by atoms with Crippen molar-refractivity contribution in [2.45, 2.75) is 20.0 Å². The molecule has 3 rings (SSSR count). The van der Waals surface area contributed by atoms with Crippen LogP contribution in [0.5, 0.6) is 5.75 Å². The van der Waals surface area contributed by atoms with Gasteiger partial charge >= 0.3 is 0 Å². The zero-order chi connectivity index (χ0) is 20.8. The third kappa shape index (κ3) is 5.68. The lowest BCUT2D eigenvalue weighted by molar-refractivity contribution is -0.122. The normalized spacial score (nSPS) is 11.4. The quantitative estimate of drug-likeness (QED) is 0.524. The van der Waals surface area contributed by atoms with Crippen LogP contribution in [0, 0.1) is 6.92 Å². The van der Waals surface area contributed by atoms with E-state index in [-0.39, 0.29) is 11.8 Å². The fraction of sp³-hybridized carbons (Fsp3) is 0.130. The average Bonchev–Trinajstić information content (AvgIpc) is 2.72. The van der Waals surface area contributed by atoms with E-state index >= 15 is 0 Å². The van der Waals surface area contributed by atoms with Crippen molar-refractivity contribution in [2.24, 2.45) is 0 Å². The van der Waals surface area contributed by atoms with Crippen LogP contribution in [-0.4, -0.2) is 17.9 Å². The van der Waals surface area contributed by atoms with Crippen molar-refractivity contribution < 1.29 is 14.3 Å². The Morgan fingerprint density at radius 1 is 0.897 bits per heavy atom. The number of anilines is 2. The Morgan fingerprint density at radius 2 is 1.55 bits per heavy atom. The summed E-state index contributed by atoms with van der Waals surface area (Å²) < 4.78 is 6.63. The monoisotopic (exact) mass is 452 g/mol. The van der Waals surface area contributed by atoms with Crippen LogP contribution in [0.2, 0.25) is 0 Å². The second-order valence-corrected chi connectivity index (χ2v) is 7.47. The van der Waals surface area contributed by atoms with Gasteiger partial charge in [-0.3, -0.25) is 9.59 Å². The molecule has 0 aliphatic carbocycles. The van der Waals surface area contributed by atoms with Gasteiger partial charge in [-0.2, -0.15) is 0 Å². The number of halogens is 1. The van der Waals surface area contributed by atoms with Crippen molar-refractivity contribution in [3.63, 3.8) is 0 Å². The summed E-state index contributed by atoms with van der Waals surface area (Å²) in [5.74, 6) is 0.0523. The first-order valence-electron chi connectivity index (χ1n) is 9.12. The Labute approximate surface area is 178 Å². The Bertz CT molecular complexity index is 1000. The van der Waals surface area contributed by atoms with Gasteiger partial charge in [0.05, 0.1) is 0 Å². The summed E-state index contributed by atoms with van der Waals surface area (Å²) in [5.41, 5.74) is 2.96. The molecule has 1 atom stereocenters. The van der Waals surface area contributed by atoms with Crippen molar-refractivity contribution in [2.75, 3.05) is 10.6 Å². The summed E-state index contributed by atoms with van der Waals surface area (Å²) in [5, 5.41) is 5.69. The van der Waals surface area contributed by atoms with Crippen LogP contribution in [0.25, 0.3) is 0 Å². The first-order valence-corrected chi connectivity index (χ1v) is 9.92. The fourth-order valence-corrected chi connectivity index (χ4v) is 2.89. The van der Waals surface area contributed by atoms with Gasteiger partial charge < -0.3 is 15.4 Å². The van der Waals surface area contributed by atoms with E-state index in [1.807, 2.05) is 43.3 Å². The minimum Gasteiger partial charge on any atom is -0.481 e. The number of aryl methyl sites for hydroxylation is 1. The Hall–Kier alpha value is -3.12. The third-order valence-electron chi connectivity index (χ3n) is 4.30. The summed E-state index contributed by atoms with van der Waals surface area (Å²) in [4.78, 5) is 24.7. The maximum absolute atomic E-state index is 12.4. The number of hydrogen-bond acceptors (Lipinski definition) is 3. The molecule has 5 nitrogen and oxygen atoms in total. The van der Waals surface area contributed by atoms with E-state index in [0.717, 1.165) is 15.7 Å². The maximum atomic E-state index is 12.4. The molecule has 0 bridgehead atoms. The molecule has 0 saturated heterocycles. The van der Waals surface area contributed by atoms with E-state index in [0.29, 0.717) is 17.0 Å². The predicted octanol–water partition coefficient (Wildman–Crippen LogP) is 5.42. The highest BCUT2D eigenvalue weighted by Crippen LogP contribution is 2.19. The Balaban J connectivity index is 1.58. The largest absolute Gasteiger partial charge is 0.481 e. The van der Waals surface area contributed by atoms with Crippen molar-refractivity contribution in [3.05, 3.63) is 88.4 Å². The van der Waals surface area contributed by atoms with E-state index in [1.54, 1.807) is 43.3 Å². The molecule has 3 aromatic carbocycles. The first-order chi connectivity index (χ1) is 13.9. The number of ether oxygens (including phenoxy) is 1. The fourth-order valence-electron chi connectivity index (χ4n) is 2.63. The molecule has 0 radical (unpaired) electrons. The van der Waals surface area contributed by atoms with Crippen LogP contribution in [0.4, 0.5) is 11.4 Å². The SMILES string of the molecule is Cc1ccccc1NC(=O)c1ccc(O[C@H](C)C(=O)Nc2ccc(Br)cc2)cc1. The van der Waals surface area contributed by atoms with Crippen LogP contribution < -0.4 is 15.4 Å². The second kappa shape index (κ2) is 9.39. The Morgan fingerprint density at radius 3 is 2.21 bits per heavy atom. The number of carbonyl (C=O) groups is 2. The lowest BCUT2D eigenvalue weighted by atomic mass is 10.1. The van der Waals surface area contributed by atoms with Crippen LogP contribution in [0.15, 0.2) is 77.3 Å². The standard InChI is InChI=1S/C23H21BrN2O3/c1-15-5-3-4-6-21(15)26-23(28)17-7-13-20(14-8-17)29-16(2)22(27)25-19-11-9-18(24)10-12-19/h3-14,16H,1-2H3,(H,25,27)(H,26,28)/t16-/m1/s1. The predicted molar refractivity (Wildman–Crippen MR) is 118 cm³/mol. The number of carbonyl (C=O) groups excluding carboxylic acids is 2. The van der Waals surface area contributed by atoms with E-state index < -0.39 is 6.10 Å². The molecule has 2 amide bonds. The number of hydrogen-bond donors (Lipinski definition) is 2. The molecule has 2 N–H and O–H groups in total. The molecule has 0 unspecified atom stereocenters.